The average molecular weight is 382 g/mol. The molecule has 120 valence electrons. The van der Waals surface area contributed by atoms with Gasteiger partial charge < -0.3 is 9.47 Å². The summed E-state index contributed by atoms with van der Waals surface area (Å²) in [7, 11) is 0. The van der Waals surface area contributed by atoms with Crippen molar-refractivity contribution in [3.05, 3.63) is 33.3 Å². The van der Waals surface area contributed by atoms with Crippen LogP contribution in [0.25, 0.3) is 6.08 Å². The summed E-state index contributed by atoms with van der Waals surface area (Å²) >= 11 is 3.23. The second-order valence-corrected chi connectivity index (χ2v) is 5.41. The van der Waals surface area contributed by atoms with E-state index in [9.17, 15) is 18.0 Å². The lowest BCUT2D eigenvalue weighted by atomic mass is 9.99. The van der Waals surface area contributed by atoms with Gasteiger partial charge in [0.25, 0.3) is 0 Å². The van der Waals surface area contributed by atoms with Crippen molar-refractivity contribution in [2.75, 3.05) is 6.79 Å². The highest BCUT2D eigenvalue weighted by Crippen LogP contribution is 2.40. The third-order valence-electron chi connectivity index (χ3n) is 2.89. The third kappa shape index (κ3) is 3.42. The smallest absolute Gasteiger partial charge is 0.430 e. The highest BCUT2D eigenvalue weighted by molar-refractivity contribution is 9.10. The number of esters is 1. The fourth-order valence-corrected chi connectivity index (χ4v) is 2.62. The van der Waals surface area contributed by atoms with Gasteiger partial charge in [0.1, 0.15) is 5.75 Å². The number of carbonyl (C=O) groups is 1. The molecule has 2 rings (SSSR count). The summed E-state index contributed by atoms with van der Waals surface area (Å²) in [5, 5.41) is 0. The molecule has 0 bridgehead atoms. The molecule has 0 aromatic heterocycles. The Hall–Kier alpha value is -1.58. The molecule has 1 aliphatic rings. The van der Waals surface area contributed by atoms with Gasteiger partial charge in [-0.1, -0.05) is 15.9 Å². The molecule has 1 unspecified atom stereocenters. The molecule has 9 heteroatoms. The third-order valence-corrected chi connectivity index (χ3v) is 3.35. The van der Waals surface area contributed by atoms with Gasteiger partial charge in [-0.15, -0.1) is 0 Å². The average Bonchev–Trinajstić information content (AvgIpc) is 2.42. The van der Waals surface area contributed by atoms with Crippen molar-refractivity contribution >= 4 is 28.0 Å². The van der Waals surface area contributed by atoms with E-state index < -0.39 is 30.6 Å². The molecule has 5 nitrogen and oxygen atoms in total. The van der Waals surface area contributed by atoms with Crippen LogP contribution in [0.5, 0.6) is 5.75 Å². The summed E-state index contributed by atoms with van der Waals surface area (Å²) in [5.74, 6) is 3.54. The molecule has 0 aliphatic carbocycles. The highest BCUT2D eigenvalue weighted by atomic mass is 79.9. The van der Waals surface area contributed by atoms with Crippen molar-refractivity contribution in [3.8, 4) is 5.75 Å². The number of benzene rings is 1. The SMILES string of the molecule is Cc1cc(Br)cc2c1OC(C(F)(F)F)C(C(=O)OCON)=C2. The van der Waals surface area contributed by atoms with E-state index in [1.165, 1.54) is 0 Å². The molecule has 1 aliphatic heterocycles. The number of carbonyl (C=O) groups excluding carboxylic acids is 1. The number of rotatable bonds is 3. The monoisotopic (exact) mass is 381 g/mol. The summed E-state index contributed by atoms with van der Waals surface area (Å²) in [6, 6.07) is 3.16. The Balaban J connectivity index is 2.49. The molecule has 0 saturated heterocycles. The fraction of sp³-hybridized carbons (Fsp3) is 0.308. The molecule has 1 heterocycles. The molecule has 0 amide bonds. The van der Waals surface area contributed by atoms with Crippen molar-refractivity contribution < 1.29 is 32.3 Å². The van der Waals surface area contributed by atoms with Crippen LogP contribution in [0.3, 0.4) is 0 Å². The topological polar surface area (TPSA) is 70.8 Å². The first-order valence-electron chi connectivity index (χ1n) is 5.98. The zero-order valence-corrected chi connectivity index (χ0v) is 12.8. The molecular formula is C13H11BrF3NO4. The van der Waals surface area contributed by atoms with E-state index in [2.05, 4.69) is 31.4 Å². The number of alkyl halides is 3. The Kier molecular flexibility index (Phi) is 4.78. The van der Waals surface area contributed by atoms with Crippen LogP contribution in [0, 0.1) is 6.92 Å². The van der Waals surface area contributed by atoms with Gasteiger partial charge in [0, 0.05) is 10.0 Å². The van der Waals surface area contributed by atoms with E-state index in [0.29, 0.717) is 15.6 Å². The molecular weight excluding hydrogens is 371 g/mol. The maximum absolute atomic E-state index is 13.1. The number of halogens is 4. The fourth-order valence-electron chi connectivity index (χ4n) is 2.03. The van der Waals surface area contributed by atoms with E-state index in [1.54, 1.807) is 19.1 Å². The second kappa shape index (κ2) is 6.27. The summed E-state index contributed by atoms with van der Waals surface area (Å²) in [6.45, 7) is 0.946. The van der Waals surface area contributed by atoms with Crippen LogP contribution in [-0.2, 0) is 14.4 Å². The van der Waals surface area contributed by atoms with Gasteiger partial charge in [-0.25, -0.2) is 10.7 Å². The molecule has 1 atom stereocenters. The number of hydrogen-bond acceptors (Lipinski definition) is 5. The van der Waals surface area contributed by atoms with E-state index in [0.717, 1.165) is 6.08 Å². The molecule has 1 aromatic rings. The quantitative estimate of drug-likeness (QED) is 0.495. The normalized spacial score (nSPS) is 17.4. The zero-order chi connectivity index (χ0) is 16.5. The van der Waals surface area contributed by atoms with Gasteiger partial charge in [0.05, 0.1) is 5.57 Å². The van der Waals surface area contributed by atoms with Crippen molar-refractivity contribution in [2.24, 2.45) is 5.90 Å². The first-order valence-corrected chi connectivity index (χ1v) is 6.77. The zero-order valence-electron chi connectivity index (χ0n) is 11.2. The highest BCUT2D eigenvalue weighted by Gasteiger charge is 2.49. The summed E-state index contributed by atoms with van der Waals surface area (Å²) < 4.78 is 49.6. The minimum Gasteiger partial charge on any atom is -0.475 e. The van der Waals surface area contributed by atoms with Crippen LogP contribution >= 0.6 is 15.9 Å². The van der Waals surface area contributed by atoms with Crippen LogP contribution in [0.1, 0.15) is 11.1 Å². The maximum atomic E-state index is 13.1. The van der Waals surface area contributed by atoms with Gasteiger partial charge in [-0.3, -0.25) is 4.84 Å². The predicted molar refractivity (Wildman–Crippen MR) is 73.6 cm³/mol. The van der Waals surface area contributed by atoms with Gasteiger partial charge in [0.15, 0.2) is 0 Å². The number of ether oxygens (including phenoxy) is 2. The lowest BCUT2D eigenvalue weighted by molar-refractivity contribution is -0.190. The van der Waals surface area contributed by atoms with Gasteiger partial charge in [-0.05, 0) is 30.7 Å². The van der Waals surface area contributed by atoms with Crippen molar-refractivity contribution in [1.82, 2.24) is 0 Å². The second-order valence-electron chi connectivity index (χ2n) is 4.50. The summed E-state index contributed by atoms with van der Waals surface area (Å²) in [6.07, 6.45) is -6.09. The Morgan fingerprint density at radius 3 is 2.73 bits per heavy atom. The van der Waals surface area contributed by atoms with E-state index in [4.69, 9.17) is 4.74 Å². The van der Waals surface area contributed by atoms with Crippen LogP contribution in [0.2, 0.25) is 0 Å². The molecule has 0 radical (unpaired) electrons. The van der Waals surface area contributed by atoms with Crippen LogP contribution in [0.15, 0.2) is 22.2 Å². The van der Waals surface area contributed by atoms with Gasteiger partial charge >= 0.3 is 12.1 Å². The summed E-state index contributed by atoms with van der Waals surface area (Å²) in [4.78, 5) is 15.8. The van der Waals surface area contributed by atoms with E-state index >= 15 is 0 Å². The lowest BCUT2D eigenvalue weighted by Crippen LogP contribution is -2.41. The Morgan fingerprint density at radius 2 is 2.14 bits per heavy atom. The Labute approximate surface area is 131 Å². The van der Waals surface area contributed by atoms with Gasteiger partial charge in [-0.2, -0.15) is 13.2 Å². The Morgan fingerprint density at radius 1 is 1.45 bits per heavy atom. The number of fused-ring (bicyclic) bond motifs is 1. The van der Waals surface area contributed by atoms with Crippen LogP contribution in [0.4, 0.5) is 13.2 Å². The molecule has 1 aromatic carbocycles. The molecule has 22 heavy (non-hydrogen) atoms. The number of hydrogen-bond donors (Lipinski definition) is 1. The minimum atomic E-state index is -4.77. The molecule has 0 spiro atoms. The first kappa shape index (κ1) is 16.8. The molecule has 0 saturated carbocycles. The van der Waals surface area contributed by atoms with Crippen LogP contribution < -0.4 is 10.6 Å². The first-order chi connectivity index (χ1) is 10.2. The van der Waals surface area contributed by atoms with Crippen molar-refractivity contribution in [3.63, 3.8) is 0 Å². The van der Waals surface area contributed by atoms with Crippen molar-refractivity contribution in [2.45, 2.75) is 19.2 Å². The standard InChI is InChI=1S/C13H11BrF3NO4/c1-6-2-8(14)3-7-4-9(12(19)20-5-21-18)11(13(15,16)17)22-10(6)7/h2-4,11H,5,18H2,1H3. The Bertz CT molecular complexity index is 630. The predicted octanol–water partition coefficient (Wildman–Crippen LogP) is 2.86. The van der Waals surface area contributed by atoms with Crippen molar-refractivity contribution in [1.29, 1.82) is 0 Å². The van der Waals surface area contributed by atoms with E-state index in [1.807, 2.05) is 0 Å². The molecule has 0 fully saturated rings. The van der Waals surface area contributed by atoms with Crippen LogP contribution in [-0.4, -0.2) is 25.0 Å². The maximum Gasteiger partial charge on any atom is 0.430 e. The number of nitrogens with two attached hydrogens (primary N) is 1. The minimum absolute atomic E-state index is 0.0668. The molecule has 2 N–H and O–H groups in total. The van der Waals surface area contributed by atoms with E-state index in [-0.39, 0.29) is 5.75 Å². The summed E-state index contributed by atoms with van der Waals surface area (Å²) in [5.41, 5.74) is 0.176. The number of aryl methyl sites for hydroxylation is 1. The van der Waals surface area contributed by atoms with Gasteiger partial charge in [0.2, 0.25) is 12.9 Å². The lowest BCUT2D eigenvalue weighted by Gasteiger charge is -2.28. The largest absolute Gasteiger partial charge is 0.475 e.